The number of hydrogen-bond acceptors (Lipinski definition) is 4. The van der Waals surface area contributed by atoms with Crippen LogP contribution in [0.15, 0.2) is 91.0 Å². The van der Waals surface area contributed by atoms with Crippen molar-refractivity contribution in [2.24, 2.45) is 11.8 Å². The SMILES string of the molecule is CC(C)C(=O)O.Cl.O.OC(CCCN1CCC(C(O)(c2ccccc2)c2ccccc2)CC1)c1ccccc1. The molecule has 0 aliphatic carbocycles. The molecule has 3 aromatic carbocycles. The standard InChI is InChI=1S/C28H33NO2.C4H8O2.ClH.H2O/c30-27(23-11-4-1-5-12-23)17-10-20-29-21-18-26(19-22-29)28(31,24-13-6-2-7-14-24)25-15-8-3-9-16-25;1-3(2)4(5)6;;/h1-9,11-16,26-27,30-31H,10,17-22H2;3H,1-2H3,(H,5,6);1H;1H2. The molecule has 214 valence electrons. The Labute approximate surface area is 239 Å². The van der Waals surface area contributed by atoms with E-state index in [0.717, 1.165) is 62.0 Å². The number of benzene rings is 3. The first-order valence-electron chi connectivity index (χ1n) is 13.3. The number of carboxylic acids is 1. The molecular formula is C32H44ClNO5. The number of aliphatic carboxylic acids is 1. The number of likely N-dealkylation sites (tertiary alicyclic amines) is 1. The number of nitrogens with zero attached hydrogens (tertiary/aromatic N) is 1. The van der Waals surface area contributed by atoms with Crippen LogP contribution >= 0.6 is 12.4 Å². The third-order valence-electron chi connectivity index (χ3n) is 7.24. The van der Waals surface area contributed by atoms with Gasteiger partial charge in [-0.3, -0.25) is 4.79 Å². The quantitative estimate of drug-likeness (QED) is 0.323. The molecule has 0 saturated carbocycles. The lowest BCUT2D eigenvalue weighted by Crippen LogP contribution is -2.44. The second-order valence-electron chi connectivity index (χ2n) is 10.2. The van der Waals surface area contributed by atoms with Crippen molar-refractivity contribution in [3.63, 3.8) is 0 Å². The number of carboxylic acid groups (broad SMARTS) is 1. The molecule has 1 aliphatic heterocycles. The second-order valence-corrected chi connectivity index (χ2v) is 10.2. The van der Waals surface area contributed by atoms with Gasteiger partial charge in [-0.2, -0.15) is 0 Å². The normalized spacial score (nSPS) is 14.8. The largest absolute Gasteiger partial charge is 0.481 e. The van der Waals surface area contributed by atoms with E-state index in [-0.39, 0.29) is 35.8 Å². The van der Waals surface area contributed by atoms with Gasteiger partial charge in [0.1, 0.15) is 5.60 Å². The lowest BCUT2D eigenvalue weighted by atomic mass is 9.72. The molecule has 3 aromatic rings. The number of hydrogen-bond donors (Lipinski definition) is 3. The van der Waals surface area contributed by atoms with E-state index in [1.807, 2.05) is 91.0 Å². The summed E-state index contributed by atoms with van der Waals surface area (Å²) in [5.74, 6) is -0.788. The minimum Gasteiger partial charge on any atom is -0.481 e. The van der Waals surface area contributed by atoms with Gasteiger partial charge in [-0.25, -0.2) is 0 Å². The van der Waals surface area contributed by atoms with Crippen LogP contribution in [-0.4, -0.2) is 51.3 Å². The summed E-state index contributed by atoms with van der Waals surface area (Å²) in [5, 5.41) is 30.4. The van der Waals surface area contributed by atoms with Crippen LogP contribution in [0.25, 0.3) is 0 Å². The first-order chi connectivity index (χ1) is 17.8. The molecule has 0 radical (unpaired) electrons. The Morgan fingerprint density at radius 3 is 1.69 bits per heavy atom. The fourth-order valence-electron chi connectivity index (χ4n) is 4.95. The van der Waals surface area contributed by atoms with E-state index in [0.29, 0.717) is 0 Å². The summed E-state index contributed by atoms with van der Waals surface area (Å²) >= 11 is 0. The summed E-state index contributed by atoms with van der Waals surface area (Å²) in [6.45, 7) is 6.23. The molecule has 0 amide bonds. The van der Waals surface area contributed by atoms with Gasteiger partial charge < -0.3 is 25.7 Å². The molecule has 1 fully saturated rings. The van der Waals surface area contributed by atoms with Crippen molar-refractivity contribution in [3.05, 3.63) is 108 Å². The molecular weight excluding hydrogens is 514 g/mol. The van der Waals surface area contributed by atoms with E-state index < -0.39 is 11.6 Å². The molecule has 6 nitrogen and oxygen atoms in total. The van der Waals surface area contributed by atoms with Gasteiger partial charge in [0.25, 0.3) is 0 Å². The third kappa shape index (κ3) is 9.75. The van der Waals surface area contributed by atoms with E-state index in [1.54, 1.807) is 13.8 Å². The topological polar surface area (TPSA) is 112 Å². The summed E-state index contributed by atoms with van der Waals surface area (Å²) in [5.41, 5.74) is 1.99. The lowest BCUT2D eigenvalue weighted by Gasteiger charge is -2.42. The lowest BCUT2D eigenvalue weighted by molar-refractivity contribution is -0.140. The summed E-state index contributed by atoms with van der Waals surface area (Å²) < 4.78 is 0. The fraction of sp³-hybridized carbons (Fsp3) is 0.406. The highest BCUT2D eigenvalue weighted by Crippen LogP contribution is 2.41. The van der Waals surface area contributed by atoms with Crippen LogP contribution in [0, 0.1) is 11.8 Å². The Morgan fingerprint density at radius 1 is 0.872 bits per heavy atom. The van der Waals surface area contributed by atoms with Crippen molar-refractivity contribution < 1.29 is 25.6 Å². The van der Waals surface area contributed by atoms with Crippen LogP contribution in [0.1, 0.15) is 62.3 Å². The maximum absolute atomic E-state index is 12.0. The zero-order valence-electron chi connectivity index (χ0n) is 22.9. The first-order valence-corrected chi connectivity index (χ1v) is 13.3. The van der Waals surface area contributed by atoms with Gasteiger partial charge >= 0.3 is 5.97 Å². The Balaban J connectivity index is 0.000000858. The molecule has 1 unspecified atom stereocenters. The van der Waals surface area contributed by atoms with Crippen LogP contribution in [-0.2, 0) is 10.4 Å². The summed E-state index contributed by atoms with van der Waals surface area (Å²) in [6.07, 6.45) is 3.29. The predicted octanol–water partition coefficient (Wildman–Crippen LogP) is 5.47. The number of aliphatic hydroxyl groups is 2. The van der Waals surface area contributed by atoms with Crippen molar-refractivity contribution in [2.45, 2.75) is 51.2 Å². The summed E-state index contributed by atoms with van der Waals surface area (Å²) in [7, 11) is 0. The van der Waals surface area contributed by atoms with Gasteiger partial charge in [0.2, 0.25) is 0 Å². The van der Waals surface area contributed by atoms with Crippen LogP contribution in [0.4, 0.5) is 0 Å². The highest BCUT2D eigenvalue weighted by atomic mass is 35.5. The molecule has 1 atom stereocenters. The van der Waals surface area contributed by atoms with Crippen molar-refractivity contribution >= 4 is 18.4 Å². The van der Waals surface area contributed by atoms with Crippen LogP contribution in [0.3, 0.4) is 0 Å². The fourth-order valence-corrected chi connectivity index (χ4v) is 4.95. The smallest absolute Gasteiger partial charge is 0.305 e. The first kappa shape index (κ1) is 34.3. The molecule has 1 heterocycles. The van der Waals surface area contributed by atoms with Gasteiger partial charge in [-0.05, 0) is 67.9 Å². The molecule has 4 rings (SSSR count). The average molecular weight is 558 g/mol. The van der Waals surface area contributed by atoms with E-state index >= 15 is 0 Å². The predicted molar refractivity (Wildman–Crippen MR) is 159 cm³/mol. The second kappa shape index (κ2) is 17.1. The van der Waals surface area contributed by atoms with Crippen molar-refractivity contribution in [1.29, 1.82) is 0 Å². The molecule has 1 saturated heterocycles. The van der Waals surface area contributed by atoms with Gasteiger partial charge in [0, 0.05) is 0 Å². The van der Waals surface area contributed by atoms with Crippen LogP contribution < -0.4 is 0 Å². The molecule has 1 aliphatic rings. The highest BCUT2D eigenvalue weighted by molar-refractivity contribution is 5.85. The molecule has 0 bridgehead atoms. The third-order valence-corrected chi connectivity index (χ3v) is 7.24. The minimum absolute atomic E-state index is 0. The van der Waals surface area contributed by atoms with Gasteiger partial charge in [-0.1, -0.05) is 105 Å². The van der Waals surface area contributed by atoms with E-state index in [4.69, 9.17) is 5.11 Å². The highest BCUT2D eigenvalue weighted by Gasteiger charge is 2.41. The van der Waals surface area contributed by atoms with Crippen LogP contribution in [0.2, 0.25) is 0 Å². The molecule has 7 heteroatoms. The van der Waals surface area contributed by atoms with Crippen LogP contribution in [0.5, 0.6) is 0 Å². The zero-order valence-corrected chi connectivity index (χ0v) is 23.8. The minimum atomic E-state index is -0.960. The number of carbonyl (C=O) groups is 1. The van der Waals surface area contributed by atoms with E-state index in [2.05, 4.69) is 4.90 Å². The Kier molecular flexibility index (Phi) is 15.0. The summed E-state index contributed by atoms with van der Waals surface area (Å²) in [6, 6.07) is 30.1. The zero-order chi connectivity index (χ0) is 26.7. The van der Waals surface area contributed by atoms with Gasteiger partial charge in [-0.15, -0.1) is 12.4 Å². The number of rotatable bonds is 9. The average Bonchev–Trinajstić information content (AvgIpc) is 2.94. The Hall–Kier alpha value is -2.74. The van der Waals surface area contributed by atoms with Gasteiger partial charge in [0.05, 0.1) is 12.0 Å². The number of aliphatic hydroxyl groups excluding tert-OH is 1. The molecule has 39 heavy (non-hydrogen) atoms. The van der Waals surface area contributed by atoms with Crippen molar-refractivity contribution in [2.75, 3.05) is 19.6 Å². The van der Waals surface area contributed by atoms with Gasteiger partial charge in [0.15, 0.2) is 0 Å². The number of halogens is 1. The van der Waals surface area contributed by atoms with Crippen molar-refractivity contribution in [3.8, 4) is 0 Å². The van der Waals surface area contributed by atoms with Crippen molar-refractivity contribution in [1.82, 2.24) is 4.90 Å². The Bertz CT molecular complexity index is 1020. The molecule has 0 aromatic heterocycles. The monoisotopic (exact) mass is 557 g/mol. The van der Waals surface area contributed by atoms with E-state index in [1.165, 1.54) is 0 Å². The maximum Gasteiger partial charge on any atom is 0.305 e. The Morgan fingerprint density at radius 2 is 1.28 bits per heavy atom. The number of piperidine rings is 1. The summed E-state index contributed by atoms with van der Waals surface area (Å²) in [4.78, 5) is 12.2. The maximum atomic E-state index is 12.0. The molecule has 0 spiro atoms. The van der Waals surface area contributed by atoms with E-state index in [9.17, 15) is 15.0 Å². The molecule has 5 N–H and O–H groups in total.